The summed E-state index contributed by atoms with van der Waals surface area (Å²) in [5.41, 5.74) is 8.63. The third-order valence-corrected chi connectivity index (χ3v) is 4.35. The van der Waals surface area contributed by atoms with Gasteiger partial charge in [-0.25, -0.2) is 0 Å². The first-order valence-electron chi connectivity index (χ1n) is 7.00. The summed E-state index contributed by atoms with van der Waals surface area (Å²) in [6.45, 7) is 8.65. The molecule has 1 aromatic rings. The van der Waals surface area contributed by atoms with Crippen LogP contribution in [0.2, 0.25) is 0 Å². The number of nitrogens with two attached hydrogens (primary N) is 1. The van der Waals surface area contributed by atoms with E-state index in [0.717, 1.165) is 6.54 Å². The molecule has 102 valence electrons. The Morgan fingerprint density at radius 1 is 1.50 bits per heavy atom. The van der Waals surface area contributed by atoms with Crippen LogP contribution in [-0.2, 0) is 7.05 Å². The van der Waals surface area contributed by atoms with Gasteiger partial charge in [0.05, 0.1) is 6.20 Å². The average molecular weight is 250 g/mol. The van der Waals surface area contributed by atoms with Crippen molar-refractivity contribution in [3.63, 3.8) is 0 Å². The van der Waals surface area contributed by atoms with Crippen LogP contribution in [0.25, 0.3) is 0 Å². The molecule has 0 saturated carbocycles. The van der Waals surface area contributed by atoms with Crippen molar-refractivity contribution in [1.29, 1.82) is 0 Å². The van der Waals surface area contributed by atoms with Crippen molar-refractivity contribution in [3.8, 4) is 0 Å². The number of rotatable bonds is 3. The summed E-state index contributed by atoms with van der Waals surface area (Å²) in [6.07, 6.45) is 4.53. The van der Waals surface area contributed by atoms with Crippen LogP contribution in [-0.4, -0.2) is 33.8 Å². The zero-order valence-corrected chi connectivity index (χ0v) is 12.1. The Kier molecular flexibility index (Phi) is 4.07. The lowest BCUT2D eigenvalue weighted by molar-refractivity contribution is 0.0661. The van der Waals surface area contributed by atoms with Crippen LogP contribution in [0, 0.1) is 12.8 Å². The van der Waals surface area contributed by atoms with E-state index in [2.05, 4.69) is 30.8 Å². The molecule has 4 heteroatoms. The number of hydrogen-bond donors (Lipinski definition) is 1. The van der Waals surface area contributed by atoms with Gasteiger partial charge in [-0.1, -0.05) is 0 Å². The van der Waals surface area contributed by atoms with Gasteiger partial charge in [0, 0.05) is 30.4 Å². The second-order valence-corrected chi connectivity index (χ2v) is 5.72. The number of aryl methyl sites for hydroxylation is 1. The van der Waals surface area contributed by atoms with E-state index in [9.17, 15) is 0 Å². The van der Waals surface area contributed by atoms with Crippen molar-refractivity contribution in [3.05, 3.63) is 17.5 Å². The first-order valence-corrected chi connectivity index (χ1v) is 7.00. The van der Waals surface area contributed by atoms with Crippen LogP contribution < -0.4 is 5.73 Å². The lowest BCUT2D eigenvalue weighted by Gasteiger charge is -2.43. The highest BCUT2D eigenvalue weighted by molar-refractivity contribution is 5.22. The summed E-state index contributed by atoms with van der Waals surface area (Å²) in [5, 5.41) is 4.40. The summed E-state index contributed by atoms with van der Waals surface area (Å²) in [6, 6.07) is 1.00. The molecule has 2 unspecified atom stereocenters. The smallest absolute Gasteiger partial charge is 0.0540 e. The maximum atomic E-state index is 6.00. The molecule has 1 aliphatic heterocycles. The Morgan fingerprint density at radius 2 is 2.22 bits per heavy atom. The van der Waals surface area contributed by atoms with Crippen LogP contribution in [0.4, 0.5) is 0 Å². The molecule has 1 aliphatic rings. The molecule has 2 rings (SSSR count). The van der Waals surface area contributed by atoms with Crippen LogP contribution in [0.5, 0.6) is 0 Å². The predicted molar refractivity (Wildman–Crippen MR) is 74.3 cm³/mol. The van der Waals surface area contributed by atoms with Gasteiger partial charge in [0.1, 0.15) is 0 Å². The van der Waals surface area contributed by atoms with Crippen molar-refractivity contribution < 1.29 is 0 Å². The third kappa shape index (κ3) is 2.31. The second-order valence-electron chi connectivity index (χ2n) is 5.72. The zero-order chi connectivity index (χ0) is 13.3. The molecule has 0 radical (unpaired) electrons. The van der Waals surface area contributed by atoms with Crippen LogP contribution in [0.15, 0.2) is 6.20 Å². The fourth-order valence-electron chi connectivity index (χ4n) is 3.17. The fourth-order valence-corrected chi connectivity index (χ4v) is 3.17. The van der Waals surface area contributed by atoms with E-state index < -0.39 is 0 Å². The molecule has 1 saturated heterocycles. The van der Waals surface area contributed by atoms with Gasteiger partial charge in [-0.05, 0) is 52.6 Å². The molecule has 2 N–H and O–H groups in total. The van der Waals surface area contributed by atoms with E-state index in [1.54, 1.807) is 0 Å². The van der Waals surface area contributed by atoms with Gasteiger partial charge in [-0.15, -0.1) is 0 Å². The normalized spacial score (nSPS) is 25.9. The summed E-state index contributed by atoms with van der Waals surface area (Å²) >= 11 is 0. The average Bonchev–Trinajstić information content (AvgIpc) is 2.69. The SMILES string of the molecule is Cc1c(C2C(CN)CCCN2C(C)C)cnn1C. The second kappa shape index (κ2) is 5.41. The van der Waals surface area contributed by atoms with Gasteiger partial charge in [0.2, 0.25) is 0 Å². The topological polar surface area (TPSA) is 47.1 Å². The molecule has 18 heavy (non-hydrogen) atoms. The van der Waals surface area contributed by atoms with Crippen molar-refractivity contribution in [2.24, 2.45) is 18.7 Å². The van der Waals surface area contributed by atoms with E-state index in [1.807, 2.05) is 17.9 Å². The van der Waals surface area contributed by atoms with Crippen molar-refractivity contribution in [1.82, 2.24) is 14.7 Å². The summed E-state index contributed by atoms with van der Waals surface area (Å²) in [4.78, 5) is 2.59. The lowest BCUT2D eigenvalue weighted by Crippen LogP contribution is -2.45. The summed E-state index contributed by atoms with van der Waals surface area (Å²) in [7, 11) is 2.01. The maximum Gasteiger partial charge on any atom is 0.0540 e. The highest BCUT2D eigenvalue weighted by Gasteiger charge is 2.34. The summed E-state index contributed by atoms with van der Waals surface area (Å²) < 4.78 is 1.97. The van der Waals surface area contributed by atoms with Crippen LogP contribution >= 0.6 is 0 Å². The van der Waals surface area contributed by atoms with E-state index in [4.69, 9.17) is 5.73 Å². The Bertz CT molecular complexity index is 396. The van der Waals surface area contributed by atoms with E-state index >= 15 is 0 Å². The quantitative estimate of drug-likeness (QED) is 0.890. The molecule has 0 aliphatic carbocycles. The molecule has 0 spiro atoms. The number of likely N-dealkylation sites (tertiary alicyclic amines) is 1. The molecular formula is C14H26N4. The number of hydrogen-bond acceptors (Lipinski definition) is 3. The Morgan fingerprint density at radius 3 is 2.72 bits per heavy atom. The van der Waals surface area contributed by atoms with E-state index in [-0.39, 0.29) is 0 Å². The highest BCUT2D eigenvalue weighted by atomic mass is 15.3. The minimum Gasteiger partial charge on any atom is -0.330 e. The predicted octanol–water partition coefficient (Wildman–Crippen LogP) is 1.85. The van der Waals surface area contributed by atoms with Gasteiger partial charge in [-0.3, -0.25) is 9.58 Å². The van der Waals surface area contributed by atoms with Gasteiger partial charge in [-0.2, -0.15) is 5.10 Å². The largest absolute Gasteiger partial charge is 0.330 e. The first-order chi connectivity index (χ1) is 8.56. The van der Waals surface area contributed by atoms with Crippen LogP contribution in [0.1, 0.15) is 44.0 Å². The Hall–Kier alpha value is -0.870. The molecule has 2 heterocycles. The Balaban J connectivity index is 2.36. The van der Waals surface area contributed by atoms with Crippen molar-refractivity contribution in [2.75, 3.05) is 13.1 Å². The van der Waals surface area contributed by atoms with Crippen molar-refractivity contribution in [2.45, 2.75) is 45.7 Å². The van der Waals surface area contributed by atoms with Gasteiger partial charge in [0.15, 0.2) is 0 Å². The lowest BCUT2D eigenvalue weighted by atomic mass is 9.84. The molecule has 0 aromatic carbocycles. The van der Waals surface area contributed by atoms with Gasteiger partial charge >= 0.3 is 0 Å². The molecule has 4 nitrogen and oxygen atoms in total. The van der Waals surface area contributed by atoms with Gasteiger partial charge in [0.25, 0.3) is 0 Å². The summed E-state index contributed by atoms with van der Waals surface area (Å²) in [5.74, 6) is 0.559. The standard InChI is InChI=1S/C14H26N4/c1-10(2)18-7-5-6-12(8-15)14(18)13-9-16-17(4)11(13)3/h9-10,12,14H,5-8,15H2,1-4H3. The van der Waals surface area contributed by atoms with Crippen molar-refractivity contribution >= 4 is 0 Å². The number of aromatic nitrogens is 2. The zero-order valence-electron chi connectivity index (χ0n) is 12.1. The molecule has 2 atom stereocenters. The maximum absolute atomic E-state index is 6.00. The number of piperidine rings is 1. The van der Waals surface area contributed by atoms with E-state index in [0.29, 0.717) is 18.0 Å². The molecule has 0 amide bonds. The van der Waals surface area contributed by atoms with Gasteiger partial charge < -0.3 is 5.73 Å². The number of nitrogens with zero attached hydrogens (tertiary/aromatic N) is 3. The molecule has 1 aromatic heterocycles. The Labute approximate surface area is 110 Å². The highest BCUT2D eigenvalue weighted by Crippen LogP contribution is 2.37. The third-order valence-electron chi connectivity index (χ3n) is 4.35. The molecular weight excluding hydrogens is 224 g/mol. The van der Waals surface area contributed by atoms with Crippen LogP contribution in [0.3, 0.4) is 0 Å². The van der Waals surface area contributed by atoms with E-state index in [1.165, 1.54) is 30.6 Å². The fraction of sp³-hybridized carbons (Fsp3) is 0.786. The molecule has 0 bridgehead atoms. The first kappa shape index (κ1) is 13.6. The minimum absolute atomic E-state index is 0.442. The minimum atomic E-state index is 0.442. The monoisotopic (exact) mass is 250 g/mol. The molecule has 1 fully saturated rings.